The summed E-state index contributed by atoms with van der Waals surface area (Å²) in [6.45, 7) is 2.24. The summed E-state index contributed by atoms with van der Waals surface area (Å²) in [5, 5.41) is 63.0. The lowest BCUT2D eigenvalue weighted by Gasteiger charge is -2.43. The SMILES string of the molecule is C[C@](O)(C(O)=C1C=CC=CC1)[C@@](C)(O)[C@H](O)[C@H](O)C(O)=C1C=CC=CC1. The molecular weight excluding hydrogens is 336 g/mol. The van der Waals surface area contributed by atoms with E-state index in [-0.39, 0.29) is 0 Å². The van der Waals surface area contributed by atoms with Crippen molar-refractivity contribution in [2.24, 2.45) is 0 Å². The van der Waals surface area contributed by atoms with Gasteiger partial charge in [-0.05, 0) is 37.8 Å². The number of rotatable bonds is 5. The fourth-order valence-corrected chi connectivity index (χ4v) is 2.88. The van der Waals surface area contributed by atoms with Gasteiger partial charge in [0.25, 0.3) is 0 Å². The van der Waals surface area contributed by atoms with Crippen molar-refractivity contribution in [2.45, 2.75) is 50.1 Å². The molecule has 0 heterocycles. The largest absolute Gasteiger partial charge is 0.509 e. The van der Waals surface area contributed by atoms with E-state index in [1.807, 2.05) is 0 Å². The van der Waals surface area contributed by atoms with Crippen LogP contribution in [0, 0.1) is 0 Å². The Morgan fingerprint density at radius 1 is 0.885 bits per heavy atom. The minimum absolute atomic E-state index is 0.347. The Kier molecular flexibility index (Phi) is 5.93. The summed E-state index contributed by atoms with van der Waals surface area (Å²) in [4.78, 5) is 0. The van der Waals surface area contributed by atoms with E-state index in [0.29, 0.717) is 24.0 Å². The normalized spacial score (nSPS) is 27.5. The van der Waals surface area contributed by atoms with Gasteiger partial charge in [0.1, 0.15) is 34.9 Å². The summed E-state index contributed by atoms with van der Waals surface area (Å²) < 4.78 is 0. The first-order valence-corrected chi connectivity index (χ1v) is 8.42. The molecule has 6 nitrogen and oxygen atoms in total. The molecule has 0 spiro atoms. The highest BCUT2D eigenvalue weighted by Crippen LogP contribution is 2.36. The Balaban J connectivity index is 2.32. The second-order valence-corrected chi connectivity index (χ2v) is 6.88. The van der Waals surface area contributed by atoms with Crippen LogP contribution < -0.4 is 0 Å². The molecule has 0 bridgehead atoms. The lowest BCUT2D eigenvalue weighted by atomic mass is 9.76. The molecule has 6 N–H and O–H groups in total. The summed E-state index contributed by atoms with van der Waals surface area (Å²) in [7, 11) is 0. The van der Waals surface area contributed by atoms with E-state index < -0.39 is 34.9 Å². The highest BCUT2D eigenvalue weighted by atomic mass is 16.4. The van der Waals surface area contributed by atoms with E-state index in [4.69, 9.17) is 0 Å². The number of hydrogen-bond donors (Lipinski definition) is 6. The maximum Gasteiger partial charge on any atom is 0.149 e. The first-order chi connectivity index (χ1) is 12.1. The fourth-order valence-electron chi connectivity index (χ4n) is 2.88. The van der Waals surface area contributed by atoms with Crippen LogP contribution in [0.25, 0.3) is 0 Å². The van der Waals surface area contributed by atoms with Crippen LogP contribution in [0.1, 0.15) is 26.7 Å². The standard InChI is InChI=1S/C20H26O6/c1-19(25,17(23)14-11-7-4-8-12-14)20(2,26)18(24)16(22)15(21)13-9-5-3-6-10-13/h3-9,11,16,18,21-26H,10,12H2,1-2H3/t16-,18-,19+,20+/m1/s1. The summed E-state index contributed by atoms with van der Waals surface area (Å²) in [5.74, 6) is -1.01. The van der Waals surface area contributed by atoms with Crippen molar-refractivity contribution in [1.29, 1.82) is 0 Å². The first kappa shape index (κ1) is 20.2. The van der Waals surface area contributed by atoms with Crippen LogP contribution in [0.5, 0.6) is 0 Å². The predicted molar refractivity (Wildman–Crippen MR) is 98.4 cm³/mol. The molecule has 0 saturated heterocycles. The third kappa shape index (κ3) is 3.68. The van der Waals surface area contributed by atoms with Gasteiger partial charge in [-0.15, -0.1) is 0 Å². The van der Waals surface area contributed by atoms with Crippen LogP contribution in [-0.2, 0) is 0 Å². The molecule has 0 amide bonds. The Hall–Kier alpha value is -2.12. The van der Waals surface area contributed by atoms with Gasteiger partial charge in [-0.3, -0.25) is 0 Å². The van der Waals surface area contributed by atoms with E-state index in [2.05, 4.69) is 0 Å². The maximum absolute atomic E-state index is 10.8. The number of aliphatic hydroxyl groups excluding tert-OH is 4. The molecular formula is C20H26O6. The average molecular weight is 362 g/mol. The van der Waals surface area contributed by atoms with Gasteiger partial charge in [0, 0.05) is 0 Å². The van der Waals surface area contributed by atoms with Crippen molar-refractivity contribution in [3.05, 3.63) is 71.3 Å². The molecule has 142 valence electrons. The maximum atomic E-state index is 10.8. The highest BCUT2D eigenvalue weighted by Gasteiger charge is 2.53. The van der Waals surface area contributed by atoms with Crippen LogP contribution >= 0.6 is 0 Å². The second kappa shape index (κ2) is 7.63. The summed E-state index contributed by atoms with van der Waals surface area (Å²) in [6, 6.07) is 0. The van der Waals surface area contributed by atoms with Gasteiger partial charge in [0.2, 0.25) is 0 Å². The van der Waals surface area contributed by atoms with Gasteiger partial charge < -0.3 is 30.6 Å². The van der Waals surface area contributed by atoms with Crippen molar-refractivity contribution in [1.82, 2.24) is 0 Å². The quantitative estimate of drug-likeness (QED) is 0.415. The third-order valence-corrected chi connectivity index (χ3v) is 5.00. The van der Waals surface area contributed by atoms with Gasteiger partial charge >= 0.3 is 0 Å². The molecule has 4 atom stereocenters. The van der Waals surface area contributed by atoms with Crippen LogP contribution in [-0.4, -0.2) is 54.0 Å². The van der Waals surface area contributed by atoms with Crippen LogP contribution in [0.15, 0.2) is 71.3 Å². The zero-order chi connectivity index (χ0) is 19.5. The molecule has 0 aromatic carbocycles. The Morgan fingerprint density at radius 3 is 1.85 bits per heavy atom. The molecule has 0 fully saturated rings. The smallest absolute Gasteiger partial charge is 0.149 e. The van der Waals surface area contributed by atoms with Crippen molar-refractivity contribution >= 4 is 0 Å². The van der Waals surface area contributed by atoms with E-state index in [0.717, 1.165) is 13.8 Å². The molecule has 0 aliphatic heterocycles. The van der Waals surface area contributed by atoms with E-state index >= 15 is 0 Å². The molecule has 0 aromatic rings. The monoisotopic (exact) mass is 362 g/mol. The lowest BCUT2D eigenvalue weighted by Crippen LogP contribution is -2.62. The minimum Gasteiger partial charge on any atom is -0.509 e. The Bertz CT molecular complexity index is 719. The molecule has 0 radical (unpaired) electrons. The van der Waals surface area contributed by atoms with Crippen molar-refractivity contribution in [2.75, 3.05) is 0 Å². The third-order valence-electron chi connectivity index (χ3n) is 5.00. The molecule has 0 aromatic heterocycles. The van der Waals surface area contributed by atoms with Gasteiger partial charge in [-0.2, -0.15) is 0 Å². The average Bonchev–Trinajstić information content (AvgIpc) is 2.66. The Morgan fingerprint density at radius 2 is 1.38 bits per heavy atom. The lowest BCUT2D eigenvalue weighted by molar-refractivity contribution is -0.201. The van der Waals surface area contributed by atoms with Gasteiger partial charge in [0.15, 0.2) is 0 Å². The fraction of sp³-hybridized carbons (Fsp3) is 0.400. The minimum atomic E-state index is -2.36. The number of aliphatic hydroxyl groups is 6. The zero-order valence-corrected chi connectivity index (χ0v) is 14.9. The molecule has 2 aliphatic carbocycles. The van der Waals surface area contributed by atoms with E-state index in [1.165, 1.54) is 0 Å². The molecule has 26 heavy (non-hydrogen) atoms. The number of hydrogen-bond acceptors (Lipinski definition) is 6. The highest BCUT2D eigenvalue weighted by molar-refractivity contribution is 5.37. The number of allylic oxidation sites excluding steroid dienone is 10. The molecule has 0 unspecified atom stereocenters. The zero-order valence-electron chi connectivity index (χ0n) is 14.9. The van der Waals surface area contributed by atoms with Crippen molar-refractivity contribution < 1.29 is 30.6 Å². The van der Waals surface area contributed by atoms with Crippen LogP contribution in [0.3, 0.4) is 0 Å². The van der Waals surface area contributed by atoms with Gasteiger partial charge in [-0.1, -0.05) is 48.6 Å². The van der Waals surface area contributed by atoms with E-state index in [1.54, 1.807) is 48.6 Å². The molecule has 2 aliphatic rings. The predicted octanol–water partition coefficient (Wildman–Crippen LogP) is 1.87. The molecule has 2 rings (SSSR count). The van der Waals surface area contributed by atoms with Gasteiger partial charge in [0.05, 0.1) is 0 Å². The Labute approximate surface area is 152 Å². The van der Waals surface area contributed by atoms with Crippen LogP contribution in [0.2, 0.25) is 0 Å². The summed E-state index contributed by atoms with van der Waals surface area (Å²) in [6.07, 6.45) is 10.5. The second-order valence-electron chi connectivity index (χ2n) is 6.88. The summed E-state index contributed by atoms with van der Waals surface area (Å²) in [5.41, 5.74) is -3.87. The topological polar surface area (TPSA) is 121 Å². The summed E-state index contributed by atoms with van der Waals surface area (Å²) >= 11 is 0. The first-order valence-electron chi connectivity index (χ1n) is 8.42. The molecule has 0 saturated carbocycles. The van der Waals surface area contributed by atoms with Crippen molar-refractivity contribution in [3.63, 3.8) is 0 Å². The van der Waals surface area contributed by atoms with E-state index in [9.17, 15) is 30.6 Å². The van der Waals surface area contributed by atoms with Gasteiger partial charge in [-0.25, -0.2) is 0 Å². The van der Waals surface area contributed by atoms with Crippen molar-refractivity contribution in [3.8, 4) is 0 Å². The molecule has 6 heteroatoms. The van der Waals surface area contributed by atoms with Crippen LogP contribution in [0.4, 0.5) is 0 Å².